The summed E-state index contributed by atoms with van der Waals surface area (Å²) in [7, 11) is 0. The minimum absolute atomic E-state index is 0.574. The summed E-state index contributed by atoms with van der Waals surface area (Å²) in [5.74, 6) is 0. The Morgan fingerprint density at radius 1 is 1.18 bits per heavy atom. The Bertz CT molecular complexity index is 1210. The highest BCUT2D eigenvalue weighted by Crippen LogP contribution is 2.30. The van der Waals surface area contributed by atoms with Gasteiger partial charge < -0.3 is 9.55 Å². The second-order valence-corrected chi connectivity index (χ2v) is 7.89. The summed E-state index contributed by atoms with van der Waals surface area (Å²) < 4.78 is 2.14. The fourth-order valence-corrected chi connectivity index (χ4v) is 4.18. The third-order valence-corrected chi connectivity index (χ3v) is 5.56. The number of thioether (sulfide) groups is 1. The van der Waals surface area contributed by atoms with Gasteiger partial charge in [-0.15, -0.1) is 0 Å². The predicted octanol–water partition coefficient (Wildman–Crippen LogP) is 6.28. The molecule has 0 radical (unpaired) electrons. The average molecular weight is 405 g/mol. The summed E-state index contributed by atoms with van der Waals surface area (Å²) in [6.07, 6.45) is 1.90. The number of fused-ring (bicyclic) bond motifs is 1. The highest BCUT2D eigenvalue weighted by molar-refractivity contribution is 8.03. The maximum absolute atomic E-state index is 9.64. The van der Waals surface area contributed by atoms with Crippen molar-refractivity contribution in [2.45, 2.75) is 19.0 Å². The first kappa shape index (κ1) is 18.4. The van der Waals surface area contributed by atoms with Gasteiger partial charge in [-0.05, 0) is 73.6 Å². The monoisotopic (exact) mass is 404 g/mol. The average Bonchev–Trinajstić information content (AvgIpc) is 3.21. The number of nitrogens with one attached hydrogen (secondary N) is 1. The summed E-state index contributed by atoms with van der Waals surface area (Å²) in [5.41, 5.74) is 5.99. The molecule has 0 fully saturated rings. The smallest absolute Gasteiger partial charge is 0.171 e. The summed E-state index contributed by atoms with van der Waals surface area (Å²) in [5, 5.41) is 11.0. The predicted molar refractivity (Wildman–Crippen MR) is 116 cm³/mol. The first-order valence-electron chi connectivity index (χ1n) is 8.74. The van der Waals surface area contributed by atoms with E-state index in [9.17, 15) is 5.26 Å². The van der Waals surface area contributed by atoms with Gasteiger partial charge in [-0.25, -0.2) is 4.98 Å². The largest absolute Gasteiger partial charge is 0.333 e. The maximum atomic E-state index is 9.64. The number of allylic oxidation sites excluding steroid dienone is 1. The quantitative estimate of drug-likeness (QED) is 0.321. The molecule has 4 aromatic rings. The van der Waals surface area contributed by atoms with Gasteiger partial charge >= 0.3 is 0 Å². The molecule has 0 aliphatic carbocycles. The van der Waals surface area contributed by atoms with E-state index in [1.165, 1.54) is 11.8 Å². The van der Waals surface area contributed by atoms with Crippen LogP contribution < -0.4 is 0 Å². The van der Waals surface area contributed by atoms with Gasteiger partial charge in [-0.3, -0.25) is 0 Å². The number of nitrogens with zero attached hydrogens (tertiary/aromatic N) is 3. The van der Waals surface area contributed by atoms with Gasteiger partial charge in [0.25, 0.3) is 0 Å². The molecule has 0 aliphatic rings. The second kappa shape index (κ2) is 7.59. The van der Waals surface area contributed by atoms with Crippen molar-refractivity contribution < 1.29 is 0 Å². The second-order valence-electron chi connectivity index (χ2n) is 6.42. The molecule has 6 heteroatoms. The Hall–Kier alpha value is -2.94. The van der Waals surface area contributed by atoms with E-state index in [1.54, 1.807) is 0 Å². The topological polar surface area (TPSA) is 57.4 Å². The van der Waals surface area contributed by atoms with E-state index >= 15 is 0 Å². The number of hydrogen-bond acceptors (Lipinski definition) is 3. The number of H-pyrrole nitrogens is 1. The van der Waals surface area contributed by atoms with Crippen molar-refractivity contribution in [3.63, 3.8) is 0 Å². The molecular weight excluding hydrogens is 388 g/mol. The van der Waals surface area contributed by atoms with E-state index in [4.69, 9.17) is 11.6 Å². The van der Waals surface area contributed by atoms with Gasteiger partial charge in [0, 0.05) is 22.1 Å². The van der Waals surface area contributed by atoms with Gasteiger partial charge in [-0.2, -0.15) is 5.26 Å². The molecule has 4 nitrogen and oxygen atoms in total. The molecule has 0 amide bonds. The normalized spacial score (nSPS) is 11.7. The van der Waals surface area contributed by atoms with Crippen LogP contribution in [0.1, 0.15) is 17.0 Å². The summed E-state index contributed by atoms with van der Waals surface area (Å²) in [4.78, 5) is 8.36. The minimum Gasteiger partial charge on any atom is -0.333 e. The number of aryl methyl sites for hydroxylation is 1. The summed E-state index contributed by atoms with van der Waals surface area (Å²) >= 11 is 7.49. The Morgan fingerprint density at radius 2 is 2.00 bits per heavy atom. The molecule has 1 N–H and O–H groups in total. The lowest BCUT2D eigenvalue weighted by Crippen LogP contribution is -1.98. The lowest BCUT2D eigenvalue weighted by Gasteiger charge is -2.10. The fraction of sp³-hybridized carbons (Fsp3) is 0.0909. The van der Waals surface area contributed by atoms with Crippen LogP contribution in [0.3, 0.4) is 0 Å². The number of halogens is 1. The number of aromatic amines is 1. The number of rotatable bonds is 4. The van der Waals surface area contributed by atoms with Crippen LogP contribution in [0.25, 0.3) is 22.8 Å². The van der Waals surface area contributed by atoms with Gasteiger partial charge in [-0.1, -0.05) is 29.8 Å². The minimum atomic E-state index is 0.574. The van der Waals surface area contributed by atoms with E-state index in [-0.39, 0.29) is 0 Å². The molecule has 0 spiro atoms. The van der Waals surface area contributed by atoms with Crippen LogP contribution in [0, 0.1) is 25.2 Å². The molecule has 4 rings (SSSR count). The van der Waals surface area contributed by atoms with Gasteiger partial charge in [0.2, 0.25) is 0 Å². The molecule has 2 aromatic carbocycles. The number of nitriles is 1. The zero-order chi connectivity index (χ0) is 19.7. The molecule has 2 aromatic heterocycles. The highest BCUT2D eigenvalue weighted by Gasteiger charge is 2.12. The van der Waals surface area contributed by atoms with Crippen molar-refractivity contribution >= 4 is 40.5 Å². The Morgan fingerprint density at radius 3 is 2.75 bits per heavy atom. The molecule has 0 saturated carbocycles. The van der Waals surface area contributed by atoms with Crippen molar-refractivity contribution in [2.24, 2.45) is 0 Å². The van der Waals surface area contributed by atoms with Gasteiger partial charge in [0.15, 0.2) is 5.16 Å². The van der Waals surface area contributed by atoms with Crippen molar-refractivity contribution in [1.29, 1.82) is 5.26 Å². The zero-order valence-electron chi connectivity index (χ0n) is 15.4. The third kappa shape index (κ3) is 3.57. The molecule has 0 saturated heterocycles. The number of hydrogen-bond donors (Lipinski definition) is 1. The van der Waals surface area contributed by atoms with Crippen LogP contribution in [0.15, 0.2) is 64.7 Å². The summed E-state index contributed by atoms with van der Waals surface area (Å²) in [6.45, 7) is 4.09. The van der Waals surface area contributed by atoms with Crippen LogP contribution in [0.4, 0.5) is 0 Å². The lowest BCUT2D eigenvalue weighted by atomic mass is 10.2. The molecule has 28 heavy (non-hydrogen) atoms. The highest BCUT2D eigenvalue weighted by atomic mass is 35.5. The fourth-order valence-electron chi connectivity index (χ4n) is 3.25. The Labute approximate surface area is 172 Å². The maximum Gasteiger partial charge on any atom is 0.171 e. The zero-order valence-corrected chi connectivity index (χ0v) is 17.0. The summed E-state index contributed by atoms with van der Waals surface area (Å²) in [6, 6.07) is 19.9. The van der Waals surface area contributed by atoms with Crippen molar-refractivity contribution in [3.8, 4) is 11.8 Å². The molecule has 0 bridgehead atoms. The number of benzene rings is 2. The molecule has 0 unspecified atom stereocenters. The van der Waals surface area contributed by atoms with Crippen LogP contribution in [0.5, 0.6) is 0 Å². The SMILES string of the molecule is Cc1cc(/C=C(\C#N)Sc2nc3ccccc3[nH]2)c(C)n1-c1cccc(Cl)c1. The lowest BCUT2D eigenvalue weighted by molar-refractivity contribution is 0.964. The first-order valence-corrected chi connectivity index (χ1v) is 9.94. The van der Waals surface area contributed by atoms with Gasteiger partial charge in [0.1, 0.15) is 6.07 Å². The van der Waals surface area contributed by atoms with Crippen molar-refractivity contribution in [3.05, 3.63) is 81.5 Å². The first-order chi connectivity index (χ1) is 13.5. The van der Waals surface area contributed by atoms with Crippen LogP contribution in [-0.4, -0.2) is 14.5 Å². The number of para-hydroxylation sites is 2. The Kier molecular flexibility index (Phi) is 4.99. The van der Waals surface area contributed by atoms with Crippen LogP contribution >= 0.6 is 23.4 Å². The van der Waals surface area contributed by atoms with Crippen molar-refractivity contribution in [1.82, 2.24) is 14.5 Å². The third-order valence-electron chi connectivity index (χ3n) is 4.51. The molecule has 0 atom stereocenters. The standard InChI is InChI=1S/C22H17ClN4S/c1-14-10-16(15(2)27(14)18-7-5-6-17(23)12-18)11-19(13-24)28-22-25-20-8-3-4-9-21(20)26-22/h3-12H,1-2H3,(H,25,26)/b19-11+. The van der Waals surface area contributed by atoms with E-state index in [2.05, 4.69) is 26.7 Å². The van der Waals surface area contributed by atoms with E-state index in [1.807, 2.05) is 68.5 Å². The van der Waals surface area contributed by atoms with E-state index in [0.29, 0.717) is 15.1 Å². The van der Waals surface area contributed by atoms with Crippen LogP contribution in [-0.2, 0) is 0 Å². The molecule has 0 aliphatic heterocycles. The molecule has 138 valence electrons. The van der Waals surface area contributed by atoms with Crippen molar-refractivity contribution in [2.75, 3.05) is 0 Å². The van der Waals surface area contributed by atoms with Crippen LogP contribution in [0.2, 0.25) is 5.02 Å². The number of aromatic nitrogens is 3. The Balaban J connectivity index is 1.69. The van der Waals surface area contributed by atoms with Gasteiger partial charge in [0.05, 0.1) is 15.9 Å². The van der Waals surface area contributed by atoms with E-state index < -0.39 is 0 Å². The molecular formula is C22H17ClN4S. The molecule has 2 heterocycles. The number of imidazole rings is 1. The van der Waals surface area contributed by atoms with E-state index in [0.717, 1.165) is 33.7 Å².